The van der Waals surface area contributed by atoms with Crippen molar-refractivity contribution in [2.45, 2.75) is 20.0 Å². The number of rotatable bonds is 3. The van der Waals surface area contributed by atoms with Gasteiger partial charge in [0.1, 0.15) is 11.6 Å². The third-order valence-corrected chi connectivity index (χ3v) is 3.82. The summed E-state index contributed by atoms with van der Waals surface area (Å²) in [6.07, 6.45) is -2.89. The number of halogens is 3. The van der Waals surface area contributed by atoms with Gasteiger partial charge in [0.15, 0.2) is 0 Å². The number of hydrogen-bond acceptors (Lipinski definition) is 5. The van der Waals surface area contributed by atoms with Gasteiger partial charge in [-0.3, -0.25) is 4.98 Å². The van der Waals surface area contributed by atoms with Gasteiger partial charge in [-0.15, -0.1) is 10.2 Å². The van der Waals surface area contributed by atoms with E-state index < -0.39 is 11.7 Å². The fourth-order valence-corrected chi connectivity index (χ4v) is 2.41. The molecule has 3 aromatic rings. The maximum Gasteiger partial charge on any atom is 0.416 e. The average Bonchev–Trinajstić information content (AvgIpc) is 2.58. The van der Waals surface area contributed by atoms with Crippen molar-refractivity contribution in [1.29, 1.82) is 0 Å². The van der Waals surface area contributed by atoms with E-state index in [0.717, 1.165) is 12.1 Å². The minimum atomic E-state index is -4.50. The maximum atomic E-state index is 13.1. The van der Waals surface area contributed by atoms with E-state index in [1.54, 1.807) is 32.2 Å². The molecule has 1 aromatic carbocycles. The monoisotopic (exact) mass is 360 g/mol. The van der Waals surface area contributed by atoms with E-state index in [4.69, 9.17) is 10.5 Å². The van der Waals surface area contributed by atoms with Gasteiger partial charge >= 0.3 is 6.18 Å². The predicted molar refractivity (Wildman–Crippen MR) is 90.7 cm³/mol. The van der Waals surface area contributed by atoms with Gasteiger partial charge in [-0.2, -0.15) is 13.2 Å². The zero-order valence-corrected chi connectivity index (χ0v) is 14.0. The zero-order chi connectivity index (χ0) is 18.9. The molecular weight excluding hydrogens is 345 g/mol. The van der Waals surface area contributed by atoms with Crippen LogP contribution in [0.2, 0.25) is 0 Å². The highest BCUT2D eigenvalue weighted by Crippen LogP contribution is 2.39. The molecule has 0 spiro atoms. The molecule has 0 radical (unpaired) electrons. The number of alkyl halides is 3. The molecule has 0 amide bonds. The largest absolute Gasteiger partial charge is 0.437 e. The molecule has 0 saturated heterocycles. The number of hydrogen-bond donors (Lipinski definition) is 1. The number of aromatic nitrogens is 3. The molecule has 0 bridgehead atoms. The number of nitrogens with two attached hydrogens (primary N) is 1. The molecule has 3 rings (SSSR count). The highest BCUT2D eigenvalue weighted by atomic mass is 19.4. The van der Waals surface area contributed by atoms with E-state index >= 15 is 0 Å². The summed E-state index contributed by atoms with van der Waals surface area (Å²) in [6.45, 7) is 3.47. The first-order chi connectivity index (χ1) is 12.3. The fraction of sp³-hybridized carbons (Fsp3) is 0.167. The topological polar surface area (TPSA) is 73.9 Å². The first kappa shape index (κ1) is 17.7. The molecule has 0 fully saturated rings. The van der Waals surface area contributed by atoms with Crippen molar-refractivity contribution in [3.63, 3.8) is 0 Å². The number of ether oxygens (including phenoxy) is 1. The number of pyridine rings is 1. The molecule has 5 nitrogen and oxygen atoms in total. The minimum Gasteiger partial charge on any atom is -0.437 e. The summed E-state index contributed by atoms with van der Waals surface area (Å²) in [4.78, 5) is 4.18. The van der Waals surface area contributed by atoms with E-state index in [-0.39, 0.29) is 17.4 Å². The van der Waals surface area contributed by atoms with Crippen LogP contribution >= 0.6 is 0 Å². The molecule has 26 heavy (non-hydrogen) atoms. The van der Waals surface area contributed by atoms with Crippen LogP contribution in [0.4, 0.5) is 19.0 Å². The second-order valence-electron chi connectivity index (χ2n) is 5.70. The van der Waals surface area contributed by atoms with Crippen molar-refractivity contribution in [2.75, 3.05) is 5.73 Å². The normalized spacial score (nSPS) is 11.4. The fourth-order valence-electron chi connectivity index (χ4n) is 2.41. The lowest BCUT2D eigenvalue weighted by atomic mass is 10.0. The summed E-state index contributed by atoms with van der Waals surface area (Å²) in [7, 11) is 0. The Morgan fingerprint density at radius 1 is 1.00 bits per heavy atom. The van der Waals surface area contributed by atoms with E-state index in [1.807, 2.05) is 0 Å². The number of aryl methyl sites for hydroxylation is 2. The smallest absolute Gasteiger partial charge is 0.416 e. The Morgan fingerprint density at radius 3 is 2.42 bits per heavy atom. The van der Waals surface area contributed by atoms with Crippen molar-refractivity contribution in [2.24, 2.45) is 0 Å². The molecule has 134 valence electrons. The molecule has 2 N–H and O–H groups in total. The van der Waals surface area contributed by atoms with Gasteiger partial charge in [0.05, 0.1) is 5.56 Å². The Hall–Kier alpha value is -3.16. The quantitative estimate of drug-likeness (QED) is 0.742. The summed E-state index contributed by atoms with van der Waals surface area (Å²) >= 11 is 0. The van der Waals surface area contributed by atoms with Gasteiger partial charge in [-0.1, -0.05) is 6.07 Å². The molecule has 0 unspecified atom stereocenters. The van der Waals surface area contributed by atoms with Gasteiger partial charge < -0.3 is 10.5 Å². The highest BCUT2D eigenvalue weighted by Gasteiger charge is 2.31. The third-order valence-electron chi connectivity index (χ3n) is 3.82. The highest BCUT2D eigenvalue weighted by molar-refractivity contribution is 5.73. The summed E-state index contributed by atoms with van der Waals surface area (Å²) < 4.78 is 45.0. The number of nitrogens with zero attached hydrogens (tertiary/aromatic N) is 3. The van der Waals surface area contributed by atoms with E-state index in [0.29, 0.717) is 22.4 Å². The number of anilines is 1. The van der Waals surface area contributed by atoms with Gasteiger partial charge in [0.25, 0.3) is 0 Å². The lowest BCUT2D eigenvalue weighted by Gasteiger charge is -2.15. The van der Waals surface area contributed by atoms with Crippen LogP contribution in [0.3, 0.4) is 0 Å². The van der Waals surface area contributed by atoms with Crippen LogP contribution in [-0.4, -0.2) is 15.2 Å². The van der Waals surface area contributed by atoms with E-state index in [1.165, 1.54) is 12.1 Å². The molecule has 8 heteroatoms. The van der Waals surface area contributed by atoms with Crippen LogP contribution in [0.15, 0.2) is 42.6 Å². The van der Waals surface area contributed by atoms with Crippen molar-refractivity contribution >= 4 is 5.82 Å². The summed E-state index contributed by atoms with van der Waals surface area (Å²) in [5.74, 6) is 0.290. The Labute approximate surface area is 147 Å². The van der Waals surface area contributed by atoms with Crippen molar-refractivity contribution in [3.8, 4) is 22.8 Å². The number of nitrogen functional groups attached to an aromatic ring is 1. The Morgan fingerprint density at radius 2 is 1.77 bits per heavy atom. The van der Waals surface area contributed by atoms with E-state index in [2.05, 4.69) is 15.2 Å². The molecule has 0 saturated carbocycles. The second-order valence-corrected chi connectivity index (χ2v) is 5.70. The van der Waals surface area contributed by atoms with Gasteiger partial charge in [-0.05, 0) is 43.7 Å². The Bertz CT molecular complexity index is 957. The maximum absolute atomic E-state index is 13.1. The van der Waals surface area contributed by atoms with E-state index in [9.17, 15) is 13.2 Å². The van der Waals surface area contributed by atoms with Crippen molar-refractivity contribution in [3.05, 3.63) is 59.4 Å². The molecule has 0 aliphatic rings. The standard InChI is InChI=1S/C18H15F3N4O/c1-10-8-16(24-25-17(10)22)26-15-9-12(18(19,20)21)5-6-14(15)13-4-3-7-23-11(13)2/h3-9H,1-2H3,(H2,22,25). The van der Waals surface area contributed by atoms with Crippen LogP contribution in [-0.2, 0) is 6.18 Å². The second kappa shape index (κ2) is 6.62. The van der Waals surface area contributed by atoms with Crippen molar-refractivity contribution < 1.29 is 17.9 Å². The molecule has 2 heterocycles. The average molecular weight is 360 g/mol. The Kier molecular flexibility index (Phi) is 4.50. The number of benzene rings is 1. The minimum absolute atomic E-state index is 0.00870. The Balaban J connectivity index is 2.13. The zero-order valence-electron chi connectivity index (χ0n) is 14.0. The summed E-state index contributed by atoms with van der Waals surface area (Å²) in [5, 5.41) is 7.52. The first-order valence-electron chi connectivity index (χ1n) is 7.66. The molecule has 2 aromatic heterocycles. The van der Waals surface area contributed by atoms with Gasteiger partial charge in [-0.25, -0.2) is 0 Å². The molecule has 0 atom stereocenters. The summed E-state index contributed by atoms with van der Waals surface area (Å²) in [5.41, 5.74) is 7.21. The lowest BCUT2D eigenvalue weighted by Crippen LogP contribution is -2.06. The van der Waals surface area contributed by atoms with Crippen LogP contribution in [0, 0.1) is 13.8 Å². The van der Waals surface area contributed by atoms with Crippen molar-refractivity contribution in [1.82, 2.24) is 15.2 Å². The molecular formula is C18H15F3N4O. The van der Waals surface area contributed by atoms with Crippen LogP contribution in [0.25, 0.3) is 11.1 Å². The predicted octanol–water partition coefficient (Wildman–Crippen LogP) is 4.55. The van der Waals surface area contributed by atoms with Gasteiger partial charge in [0, 0.05) is 29.1 Å². The third kappa shape index (κ3) is 3.58. The van der Waals surface area contributed by atoms with Crippen LogP contribution in [0.1, 0.15) is 16.8 Å². The van der Waals surface area contributed by atoms with Gasteiger partial charge in [0.2, 0.25) is 5.88 Å². The summed E-state index contributed by atoms with van der Waals surface area (Å²) in [6, 6.07) is 8.29. The lowest BCUT2D eigenvalue weighted by molar-refractivity contribution is -0.137. The molecule has 0 aliphatic heterocycles. The van der Waals surface area contributed by atoms with Crippen LogP contribution < -0.4 is 10.5 Å². The SMILES string of the molecule is Cc1cc(Oc2cc(C(F)(F)F)ccc2-c2cccnc2C)nnc1N. The first-order valence-corrected chi connectivity index (χ1v) is 7.66. The molecule has 0 aliphatic carbocycles. The van der Waals surface area contributed by atoms with Crippen LogP contribution in [0.5, 0.6) is 11.6 Å².